The van der Waals surface area contributed by atoms with E-state index in [0.29, 0.717) is 19.6 Å². The molecule has 6 heteroatoms. The van der Waals surface area contributed by atoms with E-state index in [0.717, 1.165) is 30.2 Å². The first kappa shape index (κ1) is 17.7. The Morgan fingerprint density at radius 2 is 2.00 bits per heavy atom. The van der Waals surface area contributed by atoms with E-state index in [1.807, 2.05) is 36.9 Å². The monoisotopic (exact) mass is 351 g/mol. The van der Waals surface area contributed by atoms with Crippen LogP contribution in [-0.4, -0.2) is 67.2 Å². The SMILES string of the molecule is CC1CN(C(=O)CN2CCNCC2c2ccccc2Cl)CC(C)O1. The van der Waals surface area contributed by atoms with Gasteiger partial charge in [-0.2, -0.15) is 0 Å². The number of ether oxygens (including phenoxy) is 1. The van der Waals surface area contributed by atoms with Crippen molar-refractivity contribution >= 4 is 17.5 Å². The van der Waals surface area contributed by atoms with Crippen LogP contribution in [-0.2, 0) is 9.53 Å². The number of hydrogen-bond acceptors (Lipinski definition) is 4. The highest BCUT2D eigenvalue weighted by atomic mass is 35.5. The van der Waals surface area contributed by atoms with Crippen molar-refractivity contribution < 1.29 is 9.53 Å². The van der Waals surface area contributed by atoms with Gasteiger partial charge < -0.3 is 15.0 Å². The number of halogens is 1. The molecule has 3 atom stereocenters. The zero-order valence-corrected chi connectivity index (χ0v) is 15.1. The van der Waals surface area contributed by atoms with Gasteiger partial charge in [-0.05, 0) is 25.5 Å². The van der Waals surface area contributed by atoms with Gasteiger partial charge in [0, 0.05) is 43.8 Å². The number of amides is 1. The summed E-state index contributed by atoms with van der Waals surface area (Å²) in [4.78, 5) is 17.0. The second-order valence-corrected chi connectivity index (χ2v) is 7.18. The molecule has 2 saturated heterocycles. The van der Waals surface area contributed by atoms with Gasteiger partial charge in [-0.15, -0.1) is 0 Å². The molecule has 1 N–H and O–H groups in total. The average Bonchev–Trinajstić information content (AvgIpc) is 2.55. The van der Waals surface area contributed by atoms with Gasteiger partial charge in [-0.1, -0.05) is 29.8 Å². The van der Waals surface area contributed by atoms with Crippen LogP contribution in [0.4, 0.5) is 0 Å². The average molecular weight is 352 g/mol. The lowest BCUT2D eigenvalue weighted by molar-refractivity contribution is -0.145. The molecule has 5 nitrogen and oxygen atoms in total. The molecule has 2 fully saturated rings. The highest BCUT2D eigenvalue weighted by Gasteiger charge is 2.31. The molecular weight excluding hydrogens is 326 g/mol. The van der Waals surface area contributed by atoms with Crippen LogP contribution in [0.25, 0.3) is 0 Å². The predicted octanol–water partition coefficient (Wildman–Crippen LogP) is 1.92. The molecule has 0 saturated carbocycles. The first-order valence-electron chi connectivity index (χ1n) is 8.67. The molecular formula is C18H26ClN3O2. The Bertz CT molecular complexity index is 573. The van der Waals surface area contributed by atoms with E-state index in [1.54, 1.807) is 0 Å². The quantitative estimate of drug-likeness (QED) is 0.903. The molecule has 3 rings (SSSR count). The minimum atomic E-state index is 0.0973. The van der Waals surface area contributed by atoms with Crippen LogP contribution >= 0.6 is 11.6 Å². The summed E-state index contributed by atoms with van der Waals surface area (Å²) < 4.78 is 5.73. The molecule has 0 aliphatic carbocycles. The molecule has 132 valence electrons. The van der Waals surface area contributed by atoms with E-state index >= 15 is 0 Å². The molecule has 3 unspecified atom stereocenters. The Balaban J connectivity index is 1.70. The third-order valence-corrected chi connectivity index (χ3v) is 5.07. The minimum absolute atomic E-state index is 0.0973. The Hall–Kier alpha value is -1.14. The maximum Gasteiger partial charge on any atom is 0.236 e. The van der Waals surface area contributed by atoms with Crippen molar-refractivity contribution in [1.82, 2.24) is 15.1 Å². The van der Waals surface area contributed by atoms with Crippen LogP contribution in [0.15, 0.2) is 24.3 Å². The highest BCUT2D eigenvalue weighted by Crippen LogP contribution is 2.28. The van der Waals surface area contributed by atoms with Gasteiger partial charge in [0.25, 0.3) is 0 Å². The molecule has 1 amide bonds. The topological polar surface area (TPSA) is 44.8 Å². The number of nitrogens with one attached hydrogen (secondary N) is 1. The Morgan fingerprint density at radius 1 is 1.29 bits per heavy atom. The Morgan fingerprint density at radius 3 is 2.71 bits per heavy atom. The Kier molecular flexibility index (Phi) is 5.76. The van der Waals surface area contributed by atoms with Gasteiger partial charge in [-0.3, -0.25) is 9.69 Å². The van der Waals surface area contributed by atoms with Crippen molar-refractivity contribution in [3.05, 3.63) is 34.9 Å². The summed E-state index contributed by atoms with van der Waals surface area (Å²) in [5.74, 6) is 0.177. The maximum absolute atomic E-state index is 12.8. The fraction of sp³-hybridized carbons (Fsp3) is 0.611. The summed E-state index contributed by atoms with van der Waals surface area (Å²) in [5.41, 5.74) is 1.09. The van der Waals surface area contributed by atoms with Crippen LogP contribution in [0.2, 0.25) is 5.02 Å². The predicted molar refractivity (Wildman–Crippen MR) is 95.2 cm³/mol. The zero-order valence-electron chi connectivity index (χ0n) is 14.4. The number of carbonyl (C=O) groups excluding carboxylic acids is 1. The highest BCUT2D eigenvalue weighted by molar-refractivity contribution is 6.31. The molecule has 1 aromatic carbocycles. The maximum atomic E-state index is 12.8. The second-order valence-electron chi connectivity index (χ2n) is 6.77. The minimum Gasteiger partial charge on any atom is -0.372 e. The van der Waals surface area contributed by atoms with E-state index in [2.05, 4.69) is 16.3 Å². The van der Waals surface area contributed by atoms with E-state index in [-0.39, 0.29) is 24.2 Å². The molecule has 24 heavy (non-hydrogen) atoms. The van der Waals surface area contributed by atoms with Crippen molar-refractivity contribution in [2.24, 2.45) is 0 Å². The summed E-state index contributed by atoms with van der Waals surface area (Å²) in [7, 11) is 0. The summed E-state index contributed by atoms with van der Waals surface area (Å²) in [6.07, 6.45) is 0.195. The van der Waals surface area contributed by atoms with Crippen LogP contribution in [0.1, 0.15) is 25.5 Å². The molecule has 2 aliphatic rings. The number of benzene rings is 1. The van der Waals surface area contributed by atoms with Gasteiger partial charge in [0.05, 0.1) is 18.8 Å². The summed E-state index contributed by atoms with van der Waals surface area (Å²) >= 11 is 6.38. The molecule has 0 aromatic heterocycles. The first-order chi connectivity index (χ1) is 11.5. The number of carbonyl (C=O) groups is 1. The fourth-order valence-electron chi connectivity index (χ4n) is 3.64. The molecule has 0 radical (unpaired) electrons. The number of nitrogens with zero attached hydrogens (tertiary/aromatic N) is 2. The van der Waals surface area contributed by atoms with E-state index in [4.69, 9.17) is 16.3 Å². The largest absolute Gasteiger partial charge is 0.372 e. The molecule has 2 aliphatic heterocycles. The summed E-state index contributed by atoms with van der Waals surface area (Å²) in [6, 6.07) is 8.04. The third-order valence-electron chi connectivity index (χ3n) is 4.73. The standard InChI is InChI=1S/C18H26ClN3O2/c1-13-10-22(11-14(2)24-13)18(23)12-21-8-7-20-9-17(21)15-5-3-4-6-16(15)19/h3-6,13-14,17,20H,7-12H2,1-2H3. The number of hydrogen-bond donors (Lipinski definition) is 1. The Labute approximate surface area is 148 Å². The van der Waals surface area contributed by atoms with E-state index < -0.39 is 0 Å². The van der Waals surface area contributed by atoms with Gasteiger partial charge in [0.15, 0.2) is 0 Å². The molecule has 2 heterocycles. The zero-order chi connectivity index (χ0) is 17.1. The van der Waals surface area contributed by atoms with Gasteiger partial charge >= 0.3 is 0 Å². The van der Waals surface area contributed by atoms with Crippen LogP contribution in [0.5, 0.6) is 0 Å². The molecule has 1 aromatic rings. The van der Waals surface area contributed by atoms with Crippen LogP contribution in [0, 0.1) is 0 Å². The third kappa shape index (κ3) is 4.09. The van der Waals surface area contributed by atoms with E-state index in [9.17, 15) is 4.79 Å². The molecule has 0 spiro atoms. The van der Waals surface area contributed by atoms with Gasteiger partial charge in [0.1, 0.15) is 0 Å². The van der Waals surface area contributed by atoms with Crippen LogP contribution < -0.4 is 5.32 Å². The normalized spacial score (nSPS) is 28.8. The van der Waals surface area contributed by atoms with Gasteiger partial charge in [0.2, 0.25) is 5.91 Å². The second kappa shape index (κ2) is 7.83. The lowest BCUT2D eigenvalue weighted by Gasteiger charge is -2.40. The number of rotatable bonds is 3. The smallest absolute Gasteiger partial charge is 0.236 e. The summed E-state index contributed by atoms with van der Waals surface area (Å²) in [6.45, 7) is 8.36. The van der Waals surface area contributed by atoms with Crippen molar-refractivity contribution in [3.8, 4) is 0 Å². The number of morpholine rings is 1. The summed E-state index contributed by atoms with van der Waals surface area (Å²) in [5, 5.41) is 4.17. The molecule has 0 bridgehead atoms. The first-order valence-corrected chi connectivity index (χ1v) is 9.05. The lowest BCUT2D eigenvalue weighted by Crippen LogP contribution is -2.54. The van der Waals surface area contributed by atoms with Crippen LogP contribution in [0.3, 0.4) is 0 Å². The van der Waals surface area contributed by atoms with Crippen molar-refractivity contribution in [3.63, 3.8) is 0 Å². The van der Waals surface area contributed by atoms with E-state index in [1.165, 1.54) is 0 Å². The van der Waals surface area contributed by atoms with Crippen molar-refractivity contribution in [2.75, 3.05) is 39.3 Å². The lowest BCUT2D eigenvalue weighted by atomic mass is 10.0. The van der Waals surface area contributed by atoms with Gasteiger partial charge in [-0.25, -0.2) is 0 Å². The van der Waals surface area contributed by atoms with Crippen molar-refractivity contribution in [1.29, 1.82) is 0 Å². The fourth-order valence-corrected chi connectivity index (χ4v) is 3.90. The van der Waals surface area contributed by atoms with Crippen molar-refractivity contribution in [2.45, 2.75) is 32.1 Å². The number of piperazine rings is 1.